The van der Waals surface area contributed by atoms with Gasteiger partial charge in [-0.25, -0.2) is 4.99 Å². The lowest BCUT2D eigenvalue weighted by Crippen LogP contribution is -2.27. The number of aliphatic imine (C=N–C) groups is 1. The van der Waals surface area contributed by atoms with E-state index in [1.807, 2.05) is 48.5 Å². The van der Waals surface area contributed by atoms with Gasteiger partial charge in [0.2, 0.25) is 0 Å². The van der Waals surface area contributed by atoms with Gasteiger partial charge in [-0.15, -0.1) is 0 Å². The van der Waals surface area contributed by atoms with E-state index in [0.717, 1.165) is 22.3 Å². The van der Waals surface area contributed by atoms with Crippen LogP contribution in [0.1, 0.15) is 16.7 Å². The number of carbonyl (C=O) groups is 1. The predicted octanol–water partition coefficient (Wildman–Crippen LogP) is 5.21. The first-order valence-electron chi connectivity index (χ1n) is 9.77. The topological polar surface area (TPSA) is 94.1 Å². The van der Waals surface area contributed by atoms with Crippen LogP contribution in [-0.4, -0.2) is 30.8 Å². The van der Waals surface area contributed by atoms with Gasteiger partial charge in [0.05, 0.1) is 0 Å². The average Bonchev–Trinajstić information content (AvgIpc) is 3.18. The molecule has 33 heavy (non-hydrogen) atoms. The van der Waals surface area contributed by atoms with Crippen LogP contribution in [-0.2, 0) is 15.1 Å². The summed E-state index contributed by atoms with van der Waals surface area (Å²) >= 11 is 6.15. The molecule has 9 heteroatoms. The highest BCUT2D eigenvalue weighted by atomic mass is 35.5. The van der Waals surface area contributed by atoms with Crippen LogP contribution in [0.5, 0.6) is 5.75 Å². The molecule has 0 fully saturated rings. The first-order valence-corrected chi connectivity index (χ1v) is 10.2. The summed E-state index contributed by atoms with van der Waals surface area (Å²) in [6.07, 6.45) is 0. The Bertz CT molecular complexity index is 1170. The molecule has 3 aromatic carbocycles. The van der Waals surface area contributed by atoms with Gasteiger partial charge in [-0.2, -0.15) is 8.78 Å². The van der Waals surface area contributed by atoms with E-state index < -0.39 is 12.2 Å². The van der Waals surface area contributed by atoms with Crippen molar-refractivity contribution in [2.24, 2.45) is 10.7 Å². The SMILES string of the molecule is Cc1cc(C2(c3cccc(-c4cccc(Cl)c4)c3)COC(N)=N2)ccc1OC(F)F.O=CO. The Morgan fingerprint density at radius 1 is 1.12 bits per heavy atom. The molecular formula is C24H21ClF2N2O4. The lowest BCUT2D eigenvalue weighted by molar-refractivity contribution is -0.122. The molecule has 1 aliphatic rings. The number of alkyl halides is 2. The van der Waals surface area contributed by atoms with Gasteiger partial charge in [-0.05, 0) is 65.1 Å². The molecule has 0 aliphatic carbocycles. The number of nitrogens with two attached hydrogens (primary N) is 1. The van der Waals surface area contributed by atoms with E-state index in [1.165, 1.54) is 6.07 Å². The highest BCUT2D eigenvalue weighted by Gasteiger charge is 2.40. The number of hydrogen-bond acceptors (Lipinski definition) is 5. The molecule has 1 heterocycles. The molecule has 0 radical (unpaired) electrons. The highest BCUT2D eigenvalue weighted by Crippen LogP contribution is 2.40. The van der Waals surface area contributed by atoms with Crippen molar-refractivity contribution in [3.05, 3.63) is 88.4 Å². The number of benzene rings is 3. The fourth-order valence-corrected chi connectivity index (χ4v) is 3.84. The van der Waals surface area contributed by atoms with Gasteiger partial charge < -0.3 is 20.3 Å². The van der Waals surface area contributed by atoms with E-state index in [9.17, 15) is 8.78 Å². The van der Waals surface area contributed by atoms with Crippen LogP contribution in [0.25, 0.3) is 11.1 Å². The van der Waals surface area contributed by atoms with Gasteiger partial charge in [0, 0.05) is 5.02 Å². The fourth-order valence-electron chi connectivity index (χ4n) is 3.65. The monoisotopic (exact) mass is 474 g/mol. The summed E-state index contributed by atoms with van der Waals surface area (Å²) in [6.45, 7) is -1.23. The molecule has 0 spiro atoms. The number of ether oxygens (including phenoxy) is 2. The molecular weight excluding hydrogens is 454 g/mol. The summed E-state index contributed by atoms with van der Waals surface area (Å²) in [5.41, 5.74) is 9.11. The van der Waals surface area contributed by atoms with Crippen LogP contribution >= 0.6 is 11.6 Å². The molecule has 4 rings (SSSR count). The lowest BCUT2D eigenvalue weighted by Gasteiger charge is -2.26. The summed E-state index contributed by atoms with van der Waals surface area (Å²) in [5, 5.41) is 7.53. The van der Waals surface area contributed by atoms with Crippen LogP contribution in [0, 0.1) is 6.92 Å². The van der Waals surface area contributed by atoms with Crippen molar-refractivity contribution in [3.8, 4) is 16.9 Å². The number of rotatable bonds is 5. The molecule has 1 atom stereocenters. The number of carboxylic acid groups (broad SMARTS) is 1. The molecule has 0 saturated heterocycles. The number of amidine groups is 1. The van der Waals surface area contributed by atoms with Crippen molar-refractivity contribution in [1.82, 2.24) is 0 Å². The molecule has 0 saturated carbocycles. The number of aryl methyl sites for hydroxylation is 1. The predicted molar refractivity (Wildman–Crippen MR) is 122 cm³/mol. The molecule has 1 unspecified atom stereocenters. The molecule has 172 valence electrons. The third-order valence-electron chi connectivity index (χ3n) is 5.10. The maximum Gasteiger partial charge on any atom is 0.387 e. The van der Waals surface area contributed by atoms with Crippen molar-refractivity contribution in [3.63, 3.8) is 0 Å². The Hall–Kier alpha value is -3.65. The van der Waals surface area contributed by atoms with Crippen LogP contribution in [0.2, 0.25) is 5.02 Å². The second-order valence-electron chi connectivity index (χ2n) is 7.15. The zero-order valence-electron chi connectivity index (χ0n) is 17.5. The van der Waals surface area contributed by atoms with Gasteiger partial charge in [-0.3, -0.25) is 4.79 Å². The Balaban J connectivity index is 0.000000968. The molecule has 1 aliphatic heterocycles. The number of halogens is 3. The summed E-state index contributed by atoms with van der Waals surface area (Å²) < 4.78 is 35.4. The highest BCUT2D eigenvalue weighted by molar-refractivity contribution is 6.30. The second kappa shape index (κ2) is 10.3. The lowest BCUT2D eigenvalue weighted by atomic mass is 9.82. The van der Waals surface area contributed by atoms with Gasteiger partial charge in [0.1, 0.15) is 12.4 Å². The quantitative estimate of drug-likeness (QED) is 0.495. The largest absolute Gasteiger partial charge is 0.483 e. The van der Waals surface area contributed by atoms with Crippen LogP contribution < -0.4 is 10.5 Å². The average molecular weight is 475 g/mol. The van der Waals surface area contributed by atoms with Crippen molar-refractivity contribution in [2.75, 3.05) is 6.61 Å². The minimum absolute atomic E-state index is 0.0775. The molecule has 0 amide bonds. The van der Waals surface area contributed by atoms with Crippen molar-refractivity contribution >= 4 is 24.1 Å². The summed E-state index contributed by atoms with van der Waals surface area (Å²) in [4.78, 5) is 13.0. The first-order chi connectivity index (χ1) is 15.8. The van der Waals surface area contributed by atoms with Crippen molar-refractivity contribution in [1.29, 1.82) is 0 Å². The van der Waals surface area contributed by atoms with Crippen molar-refractivity contribution in [2.45, 2.75) is 19.1 Å². The molecule has 3 aromatic rings. The first kappa shape index (κ1) is 24.0. The smallest absolute Gasteiger partial charge is 0.387 e. The maximum atomic E-state index is 12.6. The second-order valence-corrected chi connectivity index (χ2v) is 7.59. The summed E-state index contributed by atoms with van der Waals surface area (Å²) in [5.74, 6) is 0.118. The molecule has 6 nitrogen and oxygen atoms in total. The minimum Gasteiger partial charge on any atom is -0.483 e. The Kier molecular flexibility index (Phi) is 7.50. The zero-order valence-corrected chi connectivity index (χ0v) is 18.3. The standard InChI is InChI=1S/C23H19ClF2N2O2.CH2O2/c1-14-10-18(8-9-20(14)30-21(25)26)23(13-29-22(27)28-23)17-6-2-4-15(11-17)16-5-3-7-19(24)12-16;2-1-3/h2-12,21H,13H2,1H3,(H2,27,28);1H,(H,2,3). The molecule has 0 aromatic heterocycles. The summed E-state index contributed by atoms with van der Waals surface area (Å²) in [6, 6.07) is 20.5. The third-order valence-corrected chi connectivity index (χ3v) is 5.33. The van der Waals surface area contributed by atoms with E-state index in [4.69, 9.17) is 32.0 Å². The third kappa shape index (κ3) is 5.40. The van der Waals surface area contributed by atoms with Gasteiger partial charge in [0.25, 0.3) is 12.5 Å². The Morgan fingerprint density at radius 3 is 2.33 bits per heavy atom. The maximum absolute atomic E-state index is 12.6. The van der Waals surface area contributed by atoms with Gasteiger partial charge in [-0.1, -0.05) is 48.0 Å². The van der Waals surface area contributed by atoms with Crippen molar-refractivity contribution < 1.29 is 28.2 Å². The Morgan fingerprint density at radius 2 is 1.76 bits per heavy atom. The van der Waals surface area contributed by atoms with Crippen LogP contribution in [0.15, 0.2) is 71.7 Å². The molecule has 0 bridgehead atoms. The minimum atomic E-state index is -2.89. The van der Waals surface area contributed by atoms with Crippen LogP contribution in [0.3, 0.4) is 0 Å². The van der Waals surface area contributed by atoms with E-state index in [2.05, 4.69) is 9.73 Å². The zero-order chi connectivity index (χ0) is 24.0. The molecule has 3 N–H and O–H groups in total. The van der Waals surface area contributed by atoms with Crippen LogP contribution in [0.4, 0.5) is 8.78 Å². The van der Waals surface area contributed by atoms with E-state index in [-0.39, 0.29) is 24.9 Å². The van der Waals surface area contributed by atoms with E-state index in [1.54, 1.807) is 19.1 Å². The normalized spacial score (nSPS) is 16.9. The number of hydrogen-bond donors (Lipinski definition) is 2. The van der Waals surface area contributed by atoms with E-state index >= 15 is 0 Å². The fraction of sp³-hybridized carbons (Fsp3) is 0.167. The van der Waals surface area contributed by atoms with E-state index in [0.29, 0.717) is 10.6 Å². The van der Waals surface area contributed by atoms with Gasteiger partial charge >= 0.3 is 6.61 Å². The van der Waals surface area contributed by atoms with Gasteiger partial charge in [0.15, 0.2) is 5.54 Å². The summed E-state index contributed by atoms with van der Waals surface area (Å²) in [7, 11) is 0. The Labute approximate surface area is 194 Å². The number of nitrogens with zero attached hydrogens (tertiary/aromatic N) is 1.